The van der Waals surface area contributed by atoms with Crippen molar-refractivity contribution in [2.45, 2.75) is 54.4 Å². The zero-order valence-corrected chi connectivity index (χ0v) is 33.9. The van der Waals surface area contributed by atoms with Gasteiger partial charge in [0.1, 0.15) is 0 Å². The van der Waals surface area contributed by atoms with Crippen LogP contribution in [0.5, 0.6) is 0 Å². The maximum absolute atomic E-state index is 3.06. The average molecular weight is 745 g/mol. The summed E-state index contributed by atoms with van der Waals surface area (Å²) in [6.45, 7) is 16.8. The Bertz CT molecular complexity index is 1590. The van der Waals surface area contributed by atoms with Crippen LogP contribution in [0.1, 0.15) is 52.7 Å². The van der Waals surface area contributed by atoms with Crippen molar-refractivity contribution in [3.05, 3.63) is 147 Å². The Balaban J connectivity index is 0.000000772. The molecule has 0 amide bonds. The van der Waals surface area contributed by atoms with Gasteiger partial charge in [0.15, 0.2) is 0 Å². The predicted octanol–water partition coefficient (Wildman–Crippen LogP) is 13.0. The Labute approximate surface area is 309 Å². The fourth-order valence-electron chi connectivity index (χ4n) is 5.76. The average Bonchev–Trinajstić information content (AvgIpc) is 3.56. The van der Waals surface area contributed by atoms with Crippen molar-refractivity contribution in [2.24, 2.45) is 10.8 Å². The van der Waals surface area contributed by atoms with Gasteiger partial charge in [0.25, 0.3) is 0 Å². The summed E-state index contributed by atoms with van der Waals surface area (Å²) in [5, 5.41) is 5.45. The van der Waals surface area contributed by atoms with Crippen LogP contribution < -0.4 is 0 Å². The molecule has 6 aromatic carbocycles. The van der Waals surface area contributed by atoms with E-state index < -0.39 is 0 Å². The van der Waals surface area contributed by atoms with Gasteiger partial charge in [-0.15, -0.1) is 93.9 Å². The van der Waals surface area contributed by atoms with Gasteiger partial charge in [-0.05, 0) is 34.8 Å². The number of hydrogen-bond donors (Lipinski definition) is 0. The molecule has 6 aromatic rings. The van der Waals surface area contributed by atoms with Crippen molar-refractivity contribution in [1.82, 2.24) is 0 Å². The molecule has 0 saturated carbocycles. The number of hydrogen-bond acceptors (Lipinski definition) is 0. The van der Waals surface area contributed by atoms with Crippen LogP contribution in [0.2, 0.25) is 0 Å². The molecular weight excluding hydrogens is 695 g/mol. The molecule has 0 bridgehead atoms. The van der Waals surface area contributed by atoms with Crippen molar-refractivity contribution in [2.75, 3.05) is 0 Å². The van der Waals surface area contributed by atoms with E-state index in [1.807, 2.05) is 0 Å². The second-order valence-corrected chi connectivity index (χ2v) is 13.6. The van der Waals surface area contributed by atoms with Crippen molar-refractivity contribution in [3.63, 3.8) is 0 Å². The Kier molecular flexibility index (Phi) is 18.6. The summed E-state index contributed by atoms with van der Waals surface area (Å²) in [5.74, 6) is 0. The molecule has 0 aromatic heterocycles. The van der Waals surface area contributed by atoms with Gasteiger partial charge in [0.2, 0.25) is 0 Å². The molecule has 0 saturated heterocycles. The van der Waals surface area contributed by atoms with Crippen LogP contribution >= 0.6 is 24.8 Å². The molecule has 0 spiro atoms. The quantitative estimate of drug-likeness (QED) is 0.125. The molecule has 0 nitrogen and oxygen atoms in total. The summed E-state index contributed by atoms with van der Waals surface area (Å²) in [6, 6.07) is 43.9. The third kappa shape index (κ3) is 12.1. The molecule has 2 radical (unpaired) electrons. The van der Waals surface area contributed by atoms with E-state index in [1.165, 1.54) is 78.3 Å². The van der Waals surface area contributed by atoms with E-state index in [2.05, 4.69) is 170 Å². The second kappa shape index (κ2) is 19.6. The van der Waals surface area contributed by atoms with E-state index in [-0.39, 0.29) is 39.7 Å². The molecule has 244 valence electrons. The zero-order chi connectivity index (χ0) is 30.3. The third-order valence-corrected chi connectivity index (χ3v) is 7.26. The molecule has 0 N–H and O–H groups in total. The first-order chi connectivity index (χ1) is 20.1. The Morgan fingerprint density at radius 1 is 0.500 bits per heavy atom. The minimum atomic E-state index is 0. The van der Waals surface area contributed by atoms with Gasteiger partial charge in [-0.3, -0.25) is 0 Å². The van der Waals surface area contributed by atoms with Crippen molar-refractivity contribution in [3.8, 4) is 22.3 Å². The van der Waals surface area contributed by atoms with Crippen LogP contribution in [-0.2, 0) is 36.2 Å². The van der Waals surface area contributed by atoms with Crippen LogP contribution in [0.3, 0.4) is 0 Å². The summed E-state index contributed by atoms with van der Waals surface area (Å²) in [4.78, 5) is 0. The van der Waals surface area contributed by atoms with Gasteiger partial charge < -0.3 is 14.9 Å². The van der Waals surface area contributed by atoms with Gasteiger partial charge in [-0.25, -0.2) is 0 Å². The van der Waals surface area contributed by atoms with E-state index in [9.17, 15) is 0 Å². The SMILES string of the molecule is CC(C)(C)Cc1cc2c(-c3ccccc3)cccc2[cH-]1.CC(C)(C)Cc1cc2c(-c3ccccc3)cccc2[cH-]1.Cl.Cl.[CH3-].[CH3-].[Si]=[Zr]. The molecular formula is C42H50Cl2SiZr-4. The topological polar surface area (TPSA) is 0 Å². The summed E-state index contributed by atoms with van der Waals surface area (Å²) < 4.78 is 0. The first kappa shape index (κ1) is 43.8. The summed E-state index contributed by atoms with van der Waals surface area (Å²) >= 11 is 1.36. The fourth-order valence-corrected chi connectivity index (χ4v) is 5.76. The van der Waals surface area contributed by atoms with Crippen LogP contribution in [-0.4, -0.2) is 6.88 Å². The zero-order valence-electron chi connectivity index (χ0n) is 28.8. The minimum absolute atomic E-state index is 0. The van der Waals surface area contributed by atoms with E-state index in [1.54, 1.807) is 0 Å². The van der Waals surface area contributed by atoms with E-state index in [0.29, 0.717) is 10.8 Å². The first-order valence-corrected chi connectivity index (χ1v) is 19.0. The maximum atomic E-state index is 3.06. The Hall–Kier alpha value is -2.22. The molecule has 0 aliphatic rings. The normalized spacial score (nSPS) is 10.5. The van der Waals surface area contributed by atoms with Gasteiger partial charge in [-0.1, -0.05) is 125 Å². The van der Waals surface area contributed by atoms with E-state index in [0.717, 1.165) is 12.8 Å². The number of benzene rings is 4. The van der Waals surface area contributed by atoms with Crippen LogP contribution in [0, 0.1) is 25.7 Å². The Morgan fingerprint density at radius 3 is 1.13 bits per heavy atom. The molecule has 0 aliphatic carbocycles. The van der Waals surface area contributed by atoms with Gasteiger partial charge in [0, 0.05) is 0 Å². The van der Waals surface area contributed by atoms with E-state index >= 15 is 0 Å². The second-order valence-electron chi connectivity index (χ2n) is 13.6. The van der Waals surface area contributed by atoms with Crippen molar-refractivity contribution >= 4 is 53.2 Å². The van der Waals surface area contributed by atoms with Gasteiger partial charge in [0.05, 0.1) is 0 Å². The molecule has 0 unspecified atom stereocenters. The first-order valence-electron chi connectivity index (χ1n) is 14.8. The molecule has 46 heavy (non-hydrogen) atoms. The van der Waals surface area contributed by atoms with Crippen molar-refractivity contribution < 1.29 is 23.3 Å². The number of rotatable bonds is 4. The molecule has 0 atom stereocenters. The monoisotopic (exact) mass is 742 g/mol. The molecule has 0 heterocycles. The molecule has 4 heteroatoms. The Morgan fingerprint density at radius 2 is 0.826 bits per heavy atom. The molecule has 0 aliphatic heterocycles. The van der Waals surface area contributed by atoms with Gasteiger partial charge >= 0.3 is 30.2 Å². The number of halogens is 2. The predicted molar refractivity (Wildman–Crippen MR) is 209 cm³/mol. The molecule has 0 fully saturated rings. The van der Waals surface area contributed by atoms with Crippen LogP contribution in [0.15, 0.2) is 121 Å². The van der Waals surface area contributed by atoms with Crippen LogP contribution in [0.4, 0.5) is 0 Å². The summed E-state index contributed by atoms with van der Waals surface area (Å²) in [5.41, 5.74) is 8.81. The third-order valence-electron chi connectivity index (χ3n) is 7.26. The fraction of sp³-hybridized carbons (Fsp3) is 0.238. The van der Waals surface area contributed by atoms with Crippen LogP contribution in [0.25, 0.3) is 43.8 Å². The summed E-state index contributed by atoms with van der Waals surface area (Å²) in [6.07, 6.45) is 2.24. The van der Waals surface area contributed by atoms with Crippen molar-refractivity contribution in [1.29, 1.82) is 0 Å². The standard InChI is InChI=1S/2C20H21.2CH3.2ClH.Si.Zr/c2*1-20(2,3)14-15-12-17-10-7-11-18(19(17)13-15)16-8-5-4-6-9-16;;;;;;/h2*4-13H,14H2,1-3H3;2*1H3;2*1H;;/q4*-1;;;;. The number of fused-ring (bicyclic) bond motifs is 2. The van der Waals surface area contributed by atoms with Gasteiger partial charge in [-0.2, -0.15) is 12.1 Å². The van der Waals surface area contributed by atoms with E-state index in [4.69, 9.17) is 0 Å². The molecule has 6 rings (SSSR count). The summed E-state index contributed by atoms with van der Waals surface area (Å²) in [7, 11) is 0.